The van der Waals surface area contributed by atoms with Crippen molar-refractivity contribution in [3.8, 4) is 0 Å². The number of hydrogen-bond acceptors (Lipinski definition) is 3. The Bertz CT molecular complexity index is 1070. The van der Waals surface area contributed by atoms with Crippen molar-refractivity contribution in [1.82, 2.24) is 9.88 Å². The first-order chi connectivity index (χ1) is 14.3. The van der Waals surface area contributed by atoms with Crippen LogP contribution in [0, 0.1) is 5.82 Å². The molecule has 0 saturated carbocycles. The van der Waals surface area contributed by atoms with Gasteiger partial charge in [0.1, 0.15) is 22.7 Å². The molecule has 0 atom stereocenters. The van der Waals surface area contributed by atoms with Gasteiger partial charge in [0.15, 0.2) is 0 Å². The van der Waals surface area contributed by atoms with Crippen LogP contribution in [-0.2, 0) is 11.3 Å². The van der Waals surface area contributed by atoms with Crippen LogP contribution < -0.4 is 5.32 Å². The second kappa shape index (κ2) is 9.89. The molecule has 0 spiro atoms. The highest BCUT2D eigenvalue weighted by atomic mass is 35.5. The monoisotopic (exact) mass is 465 g/mol. The summed E-state index contributed by atoms with van der Waals surface area (Å²) in [6.07, 6.45) is 0. The van der Waals surface area contributed by atoms with Crippen molar-refractivity contribution in [2.24, 2.45) is 0 Å². The minimum atomic E-state index is -0.550. The Balaban J connectivity index is 1.85. The number of hydrogen-bond donors (Lipinski definition) is 1. The number of aromatic nitrogens is 1. The third-order valence-electron chi connectivity index (χ3n) is 4.06. The zero-order valence-corrected chi connectivity index (χ0v) is 17.7. The van der Waals surface area contributed by atoms with E-state index in [2.05, 4.69) is 10.3 Å². The first-order valence-electron chi connectivity index (χ1n) is 8.73. The van der Waals surface area contributed by atoms with Crippen LogP contribution in [-0.4, -0.2) is 28.2 Å². The fraction of sp³-hybridized carbons (Fsp3) is 0.0952. The van der Waals surface area contributed by atoms with Crippen molar-refractivity contribution in [2.75, 3.05) is 11.9 Å². The molecule has 0 aliphatic carbocycles. The van der Waals surface area contributed by atoms with E-state index in [-0.39, 0.29) is 34.5 Å². The minimum Gasteiger partial charge on any atom is -0.325 e. The number of rotatable bonds is 6. The van der Waals surface area contributed by atoms with Crippen molar-refractivity contribution in [1.29, 1.82) is 0 Å². The van der Waals surface area contributed by atoms with Crippen LogP contribution in [0.15, 0.2) is 60.7 Å². The van der Waals surface area contributed by atoms with Crippen molar-refractivity contribution < 1.29 is 14.0 Å². The van der Waals surface area contributed by atoms with Crippen molar-refractivity contribution in [2.45, 2.75) is 6.54 Å². The SMILES string of the molecule is O=C(CN(Cc1ccccc1F)C(=O)c1cc(Cl)nc(Cl)c1)Nc1cccc(Cl)c1. The number of amides is 2. The average Bonchev–Trinajstić information content (AvgIpc) is 2.67. The molecule has 1 aromatic heterocycles. The highest BCUT2D eigenvalue weighted by Crippen LogP contribution is 2.19. The largest absolute Gasteiger partial charge is 0.325 e. The first kappa shape index (κ1) is 22.0. The molecule has 30 heavy (non-hydrogen) atoms. The number of halogens is 4. The summed E-state index contributed by atoms with van der Waals surface area (Å²) in [7, 11) is 0. The lowest BCUT2D eigenvalue weighted by atomic mass is 10.1. The molecule has 0 bridgehead atoms. The number of nitrogens with zero attached hydrogens (tertiary/aromatic N) is 2. The van der Waals surface area contributed by atoms with Crippen LogP contribution in [0.4, 0.5) is 10.1 Å². The van der Waals surface area contributed by atoms with Gasteiger partial charge in [-0.3, -0.25) is 9.59 Å². The Morgan fingerprint density at radius 2 is 1.67 bits per heavy atom. The van der Waals surface area contributed by atoms with E-state index < -0.39 is 17.6 Å². The lowest BCUT2D eigenvalue weighted by molar-refractivity contribution is -0.117. The second-order valence-electron chi connectivity index (χ2n) is 6.31. The lowest BCUT2D eigenvalue weighted by Gasteiger charge is -2.23. The summed E-state index contributed by atoms with van der Waals surface area (Å²) < 4.78 is 14.2. The molecule has 0 fully saturated rings. The Hall–Kier alpha value is -2.67. The smallest absolute Gasteiger partial charge is 0.254 e. The fourth-order valence-electron chi connectivity index (χ4n) is 2.74. The molecular formula is C21H15Cl3FN3O2. The van der Waals surface area contributed by atoms with E-state index in [9.17, 15) is 14.0 Å². The Kier molecular flexibility index (Phi) is 7.26. The zero-order valence-electron chi connectivity index (χ0n) is 15.4. The molecule has 0 aliphatic heterocycles. The summed E-state index contributed by atoms with van der Waals surface area (Å²) in [5.41, 5.74) is 0.861. The van der Waals surface area contributed by atoms with Crippen LogP contribution in [0.5, 0.6) is 0 Å². The van der Waals surface area contributed by atoms with Crippen LogP contribution in [0.3, 0.4) is 0 Å². The quantitative estimate of drug-likeness (QED) is 0.491. The van der Waals surface area contributed by atoms with Crippen LogP contribution in [0.25, 0.3) is 0 Å². The predicted molar refractivity (Wildman–Crippen MR) is 115 cm³/mol. The molecule has 9 heteroatoms. The van der Waals surface area contributed by atoms with Gasteiger partial charge in [-0.2, -0.15) is 0 Å². The first-order valence-corrected chi connectivity index (χ1v) is 9.86. The molecule has 154 valence electrons. The van der Waals surface area contributed by atoms with Crippen LogP contribution >= 0.6 is 34.8 Å². The van der Waals surface area contributed by atoms with Gasteiger partial charge in [-0.05, 0) is 36.4 Å². The molecule has 5 nitrogen and oxygen atoms in total. The topological polar surface area (TPSA) is 62.3 Å². The molecule has 3 aromatic rings. The predicted octanol–water partition coefficient (Wildman–Crippen LogP) is 5.46. The molecule has 0 unspecified atom stereocenters. The number of carbonyl (C=O) groups is 2. The van der Waals surface area contributed by atoms with E-state index >= 15 is 0 Å². The molecule has 3 rings (SSSR count). The van der Waals surface area contributed by atoms with Crippen LogP contribution in [0.2, 0.25) is 15.3 Å². The van der Waals surface area contributed by atoms with Gasteiger partial charge in [0.25, 0.3) is 5.91 Å². The van der Waals surface area contributed by atoms with Crippen molar-refractivity contribution in [3.05, 3.63) is 92.9 Å². The maximum absolute atomic E-state index is 14.2. The van der Waals surface area contributed by atoms with E-state index in [4.69, 9.17) is 34.8 Å². The van der Waals surface area contributed by atoms with E-state index in [0.717, 1.165) is 0 Å². The number of benzene rings is 2. The molecular weight excluding hydrogens is 452 g/mol. The third-order valence-corrected chi connectivity index (χ3v) is 4.68. The van der Waals surface area contributed by atoms with Gasteiger partial charge < -0.3 is 10.2 Å². The van der Waals surface area contributed by atoms with Crippen molar-refractivity contribution in [3.63, 3.8) is 0 Å². The molecule has 1 N–H and O–H groups in total. The van der Waals surface area contributed by atoms with Gasteiger partial charge in [0, 0.05) is 28.4 Å². The molecule has 0 saturated heterocycles. The van der Waals surface area contributed by atoms with Crippen LogP contribution in [0.1, 0.15) is 15.9 Å². The summed E-state index contributed by atoms with van der Waals surface area (Å²) in [4.78, 5) is 30.6. The highest BCUT2D eigenvalue weighted by Gasteiger charge is 2.22. The summed E-state index contributed by atoms with van der Waals surface area (Å²) in [5, 5.41) is 3.17. The Morgan fingerprint density at radius 3 is 2.33 bits per heavy atom. The maximum Gasteiger partial charge on any atom is 0.254 e. The normalized spacial score (nSPS) is 10.5. The van der Waals surface area contributed by atoms with Gasteiger partial charge in [0.05, 0.1) is 0 Å². The van der Waals surface area contributed by atoms with Crippen molar-refractivity contribution >= 4 is 52.3 Å². The van der Waals surface area contributed by atoms with E-state index in [1.165, 1.54) is 29.2 Å². The molecule has 2 amide bonds. The number of carbonyl (C=O) groups excluding carboxylic acids is 2. The molecule has 0 aliphatic rings. The second-order valence-corrected chi connectivity index (χ2v) is 7.52. The zero-order chi connectivity index (χ0) is 21.7. The minimum absolute atomic E-state index is 0.0278. The number of pyridine rings is 1. The third kappa shape index (κ3) is 5.92. The molecule has 0 radical (unpaired) electrons. The fourth-order valence-corrected chi connectivity index (χ4v) is 3.39. The maximum atomic E-state index is 14.2. The summed E-state index contributed by atoms with van der Waals surface area (Å²) in [5.74, 6) is -1.52. The Morgan fingerprint density at radius 1 is 0.967 bits per heavy atom. The van der Waals surface area contributed by atoms with E-state index in [0.29, 0.717) is 10.7 Å². The molecule has 1 heterocycles. The van der Waals surface area contributed by atoms with E-state index in [1.807, 2.05) is 0 Å². The van der Waals surface area contributed by atoms with Gasteiger partial charge in [0.2, 0.25) is 5.91 Å². The Labute approximate surface area is 187 Å². The van der Waals surface area contributed by atoms with E-state index in [1.54, 1.807) is 36.4 Å². The molecule has 2 aromatic carbocycles. The standard InChI is InChI=1S/C21H15Cl3FN3O2/c22-15-5-3-6-16(10-15)26-20(29)12-28(11-13-4-1-2-7-17(13)25)21(30)14-8-18(23)27-19(24)9-14/h1-10H,11-12H2,(H,26,29). The highest BCUT2D eigenvalue weighted by molar-refractivity contribution is 6.33. The van der Waals surface area contributed by atoms with Gasteiger partial charge in [-0.25, -0.2) is 9.37 Å². The summed E-state index contributed by atoms with van der Waals surface area (Å²) in [6.45, 7) is -0.469. The average molecular weight is 467 g/mol. The van der Waals surface area contributed by atoms with Gasteiger partial charge in [-0.15, -0.1) is 0 Å². The number of anilines is 1. The van der Waals surface area contributed by atoms with Gasteiger partial charge >= 0.3 is 0 Å². The lowest BCUT2D eigenvalue weighted by Crippen LogP contribution is -2.37. The van der Waals surface area contributed by atoms with Gasteiger partial charge in [-0.1, -0.05) is 59.1 Å². The number of nitrogens with one attached hydrogen (secondary N) is 1. The summed E-state index contributed by atoms with van der Waals surface area (Å²) >= 11 is 17.7. The summed E-state index contributed by atoms with van der Waals surface area (Å²) in [6, 6.07) is 15.3.